The highest BCUT2D eigenvalue weighted by Crippen LogP contribution is 2.24. The summed E-state index contributed by atoms with van der Waals surface area (Å²) in [5.41, 5.74) is 2.27. The van der Waals surface area contributed by atoms with E-state index in [2.05, 4.69) is 38.2 Å². The van der Waals surface area contributed by atoms with Gasteiger partial charge < -0.3 is 10.1 Å². The number of amides is 1. The second-order valence-electron chi connectivity index (χ2n) is 7.13. The number of nitrogens with one attached hydrogen (secondary N) is 1. The van der Waals surface area contributed by atoms with Crippen molar-refractivity contribution in [3.63, 3.8) is 0 Å². The Morgan fingerprint density at radius 2 is 1.68 bits per heavy atom. The Labute approximate surface area is 149 Å². The van der Waals surface area contributed by atoms with Crippen LogP contribution in [0.1, 0.15) is 44.7 Å². The minimum atomic E-state index is -0.275. The van der Waals surface area contributed by atoms with E-state index < -0.39 is 0 Å². The minimum Gasteiger partial charge on any atom is -0.494 e. The van der Waals surface area contributed by atoms with Crippen molar-refractivity contribution in [2.24, 2.45) is 0 Å². The van der Waals surface area contributed by atoms with Crippen molar-refractivity contribution in [2.75, 3.05) is 6.61 Å². The molecule has 0 unspecified atom stereocenters. The molecule has 134 valence electrons. The summed E-state index contributed by atoms with van der Waals surface area (Å²) < 4.78 is 18.5. The number of benzene rings is 2. The Balaban J connectivity index is 1.65. The lowest BCUT2D eigenvalue weighted by atomic mass is 9.87. The number of hydrogen-bond acceptors (Lipinski definition) is 2. The number of carbonyl (C=O) groups excluding carboxylic acids is 1. The van der Waals surface area contributed by atoms with Gasteiger partial charge >= 0.3 is 0 Å². The first-order valence-electron chi connectivity index (χ1n) is 8.59. The van der Waals surface area contributed by atoms with Crippen molar-refractivity contribution < 1.29 is 13.9 Å². The van der Waals surface area contributed by atoms with Crippen LogP contribution in [0.4, 0.5) is 4.39 Å². The highest BCUT2D eigenvalue weighted by Gasteiger charge is 2.12. The predicted molar refractivity (Wildman–Crippen MR) is 98.1 cm³/mol. The summed E-state index contributed by atoms with van der Waals surface area (Å²) in [6.45, 7) is 7.43. The summed E-state index contributed by atoms with van der Waals surface area (Å²) in [5.74, 6) is 0.512. The van der Waals surface area contributed by atoms with Gasteiger partial charge in [0.15, 0.2) is 0 Å². The molecule has 25 heavy (non-hydrogen) atoms. The molecule has 0 heterocycles. The van der Waals surface area contributed by atoms with Gasteiger partial charge in [0.05, 0.1) is 6.61 Å². The normalized spacial score (nSPS) is 11.2. The van der Waals surface area contributed by atoms with Crippen molar-refractivity contribution in [1.29, 1.82) is 0 Å². The molecule has 0 aliphatic rings. The molecular weight excluding hydrogens is 317 g/mol. The highest BCUT2D eigenvalue weighted by molar-refractivity contribution is 5.75. The maximum atomic E-state index is 12.8. The maximum Gasteiger partial charge on any atom is 0.220 e. The van der Waals surface area contributed by atoms with Crippen LogP contribution in [0.15, 0.2) is 48.5 Å². The molecule has 1 amide bonds. The Bertz CT molecular complexity index is 673. The van der Waals surface area contributed by atoms with Gasteiger partial charge in [-0.25, -0.2) is 4.39 Å². The zero-order valence-corrected chi connectivity index (χ0v) is 15.1. The van der Waals surface area contributed by atoms with Crippen LogP contribution in [-0.2, 0) is 16.8 Å². The summed E-state index contributed by atoms with van der Waals surface area (Å²) in [6.07, 6.45) is 1.05. The van der Waals surface area contributed by atoms with E-state index in [0.29, 0.717) is 26.0 Å². The number of hydrogen-bond donors (Lipinski definition) is 1. The van der Waals surface area contributed by atoms with E-state index in [-0.39, 0.29) is 17.1 Å². The number of rotatable bonds is 7. The van der Waals surface area contributed by atoms with E-state index in [1.54, 1.807) is 12.1 Å². The van der Waals surface area contributed by atoms with Gasteiger partial charge in [-0.2, -0.15) is 0 Å². The van der Waals surface area contributed by atoms with Crippen molar-refractivity contribution in [1.82, 2.24) is 5.32 Å². The average Bonchev–Trinajstić information content (AvgIpc) is 2.58. The standard InChI is InChI=1S/C21H26FNO2/c1-21(2,3)17-8-12-19(13-9-17)25-14-4-5-20(24)23-15-16-6-10-18(22)11-7-16/h6-13H,4-5,14-15H2,1-3H3,(H,23,24). The van der Waals surface area contributed by atoms with Crippen molar-refractivity contribution in [3.05, 3.63) is 65.5 Å². The lowest BCUT2D eigenvalue weighted by Crippen LogP contribution is -2.22. The number of carbonyl (C=O) groups is 1. The van der Waals surface area contributed by atoms with Gasteiger partial charge in [0.2, 0.25) is 5.91 Å². The van der Waals surface area contributed by atoms with Crippen molar-refractivity contribution in [2.45, 2.75) is 45.6 Å². The smallest absolute Gasteiger partial charge is 0.220 e. The number of ether oxygens (including phenoxy) is 1. The lowest BCUT2D eigenvalue weighted by molar-refractivity contribution is -0.121. The van der Waals surface area contributed by atoms with Crippen LogP contribution in [0.2, 0.25) is 0 Å². The van der Waals surface area contributed by atoms with Crippen LogP contribution in [0.3, 0.4) is 0 Å². The summed E-state index contributed by atoms with van der Waals surface area (Å²) in [7, 11) is 0. The van der Waals surface area contributed by atoms with Crippen LogP contribution >= 0.6 is 0 Å². The molecule has 3 nitrogen and oxygen atoms in total. The van der Waals surface area contributed by atoms with Crippen LogP contribution in [-0.4, -0.2) is 12.5 Å². The fourth-order valence-electron chi connectivity index (χ4n) is 2.37. The first-order valence-corrected chi connectivity index (χ1v) is 8.59. The fraction of sp³-hybridized carbons (Fsp3) is 0.381. The van der Waals surface area contributed by atoms with Crippen LogP contribution in [0.25, 0.3) is 0 Å². The quantitative estimate of drug-likeness (QED) is 0.746. The molecule has 0 saturated carbocycles. The summed E-state index contributed by atoms with van der Waals surface area (Å²) in [5, 5.41) is 2.82. The highest BCUT2D eigenvalue weighted by atomic mass is 19.1. The monoisotopic (exact) mass is 343 g/mol. The van der Waals surface area contributed by atoms with Gasteiger partial charge in [-0.05, 0) is 47.2 Å². The van der Waals surface area contributed by atoms with Gasteiger partial charge in [-0.15, -0.1) is 0 Å². The third kappa shape index (κ3) is 6.57. The first-order chi connectivity index (χ1) is 11.8. The third-order valence-corrected chi connectivity index (χ3v) is 3.94. The maximum absolute atomic E-state index is 12.8. The van der Waals surface area contributed by atoms with Gasteiger partial charge in [0.1, 0.15) is 11.6 Å². The molecule has 0 fully saturated rings. The van der Waals surface area contributed by atoms with E-state index in [1.165, 1.54) is 17.7 Å². The molecule has 0 bridgehead atoms. The van der Waals surface area contributed by atoms with Gasteiger partial charge in [-0.3, -0.25) is 4.79 Å². The molecule has 4 heteroatoms. The van der Waals surface area contributed by atoms with E-state index in [1.807, 2.05) is 12.1 Å². The first kappa shape index (κ1) is 19.0. The average molecular weight is 343 g/mol. The molecule has 2 rings (SSSR count). The summed E-state index contributed by atoms with van der Waals surface area (Å²) in [4.78, 5) is 11.8. The van der Waals surface area contributed by atoms with Crippen molar-refractivity contribution >= 4 is 5.91 Å². The van der Waals surface area contributed by atoms with E-state index in [9.17, 15) is 9.18 Å². The van der Waals surface area contributed by atoms with Crippen LogP contribution < -0.4 is 10.1 Å². The zero-order valence-electron chi connectivity index (χ0n) is 15.1. The van der Waals surface area contributed by atoms with Gasteiger partial charge in [-0.1, -0.05) is 45.0 Å². The third-order valence-electron chi connectivity index (χ3n) is 3.94. The second kappa shape index (κ2) is 8.65. The molecule has 0 spiro atoms. The molecule has 2 aromatic carbocycles. The van der Waals surface area contributed by atoms with E-state index in [0.717, 1.165) is 11.3 Å². The topological polar surface area (TPSA) is 38.3 Å². The van der Waals surface area contributed by atoms with Crippen LogP contribution in [0, 0.1) is 5.82 Å². The Morgan fingerprint density at radius 1 is 1.04 bits per heavy atom. The molecule has 1 N–H and O–H groups in total. The van der Waals surface area contributed by atoms with Crippen molar-refractivity contribution in [3.8, 4) is 5.75 Å². The SMILES string of the molecule is CC(C)(C)c1ccc(OCCCC(=O)NCc2ccc(F)cc2)cc1. The van der Waals surface area contributed by atoms with Crippen LogP contribution in [0.5, 0.6) is 5.75 Å². The summed E-state index contributed by atoms with van der Waals surface area (Å²) >= 11 is 0. The van der Waals surface area contributed by atoms with Gasteiger partial charge in [0.25, 0.3) is 0 Å². The molecule has 0 atom stereocenters. The molecular formula is C21H26FNO2. The molecule has 0 aromatic heterocycles. The van der Waals surface area contributed by atoms with E-state index in [4.69, 9.17) is 4.74 Å². The van der Waals surface area contributed by atoms with E-state index >= 15 is 0 Å². The largest absolute Gasteiger partial charge is 0.494 e. The molecule has 0 saturated heterocycles. The molecule has 0 aliphatic heterocycles. The zero-order chi connectivity index (χ0) is 18.3. The lowest BCUT2D eigenvalue weighted by Gasteiger charge is -2.19. The minimum absolute atomic E-state index is 0.0315. The Kier molecular flexibility index (Phi) is 6.57. The Hall–Kier alpha value is -2.36. The summed E-state index contributed by atoms with van der Waals surface area (Å²) in [6, 6.07) is 14.2. The second-order valence-corrected chi connectivity index (χ2v) is 7.13. The molecule has 0 aliphatic carbocycles. The Morgan fingerprint density at radius 3 is 2.28 bits per heavy atom. The molecule has 0 radical (unpaired) electrons. The predicted octanol–water partition coefficient (Wildman–Crippen LogP) is 4.60. The number of halogens is 1. The van der Waals surface area contributed by atoms with Gasteiger partial charge in [0, 0.05) is 13.0 Å². The fourth-order valence-corrected chi connectivity index (χ4v) is 2.37. The molecule has 2 aromatic rings.